The fraction of sp³-hybridized carbons (Fsp3) is 0.895. The van der Waals surface area contributed by atoms with E-state index in [1.165, 1.54) is 38.5 Å². The van der Waals surface area contributed by atoms with Gasteiger partial charge in [-0.1, -0.05) is 25.7 Å². The number of nitrogens with one attached hydrogen (secondary N) is 2. The zero-order chi connectivity index (χ0) is 19.0. The van der Waals surface area contributed by atoms with Crippen LogP contribution in [0.25, 0.3) is 0 Å². The molecule has 0 radical (unpaired) electrons. The average Bonchev–Trinajstić information content (AvgIpc) is 2.90. The van der Waals surface area contributed by atoms with Gasteiger partial charge in [-0.15, -0.1) is 0 Å². The summed E-state index contributed by atoms with van der Waals surface area (Å²) in [6.07, 6.45) is 8.86. The highest BCUT2D eigenvalue weighted by molar-refractivity contribution is 5.84. The molecule has 26 heavy (non-hydrogen) atoms. The number of carbonyl (C=O) groups is 1. The first-order valence-corrected chi connectivity index (χ1v) is 10.0. The summed E-state index contributed by atoms with van der Waals surface area (Å²) >= 11 is 0. The van der Waals surface area contributed by atoms with Gasteiger partial charge in [0.15, 0.2) is 5.96 Å². The summed E-state index contributed by atoms with van der Waals surface area (Å²) in [5.74, 6) is 0.635. The molecule has 0 atom stereocenters. The van der Waals surface area contributed by atoms with E-state index in [4.69, 9.17) is 9.47 Å². The number of aliphatic imine (C=N–C) groups is 1. The van der Waals surface area contributed by atoms with Crippen LogP contribution in [-0.2, 0) is 14.3 Å². The normalized spacial score (nSPS) is 16.2. The standard InChI is InChI=1S/C19H38N4O3/c1-4-25-14-9-12-20-19(22-16-18(24)23(2)3)21-13-15-26-17-10-7-5-6-8-11-17/h17H,4-16H2,1-3H3,(H2,20,21,22). The Hall–Kier alpha value is -1.34. The lowest BCUT2D eigenvalue weighted by Crippen LogP contribution is -2.41. The molecule has 0 saturated heterocycles. The second-order valence-corrected chi connectivity index (χ2v) is 6.84. The second-order valence-electron chi connectivity index (χ2n) is 6.84. The van der Waals surface area contributed by atoms with Gasteiger partial charge in [-0.2, -0.15) is 0 Å². The van der Waals surface area contributed by atoms with E-state index < -0.39 is 0 Å². The number of nitrogens with zero attached hydrogens (tertiary/aromatic N) is 2. The van der Waals surface area contributed by atoms with Crippen LogP contribution in [0.3, 0.4) is 0 Å². The van der Waals surface area contributed by atoms with E-state index >= 15 is 0 Å². The topological polar surface area (TPSA) is 75.2 Å². The lowest BCUT2D eigenvalue weighted by molar-refractivity contribution is -0.127. The van der Waals surface area contributed by atoms with E-state index in [0.717, 1.165) is 26.2 Å². The molecule has 152 valence electrons. The van der Waals surface area contributed by atoms with Crippen molar-refractivity contribution in [1.82, 2.24) is 15.5 Å². The monoisotopic (exact) mass is 370 g/mol. The molecular weight excluding hydrogens is 332 g/mol. The van der Waals surface area contributed by atoms with Crippen LogP contribution >= 0.6 is 0 Å². The van der Waals surface area contributed by atoms with E-state index in [1.54, 1.807) is 19.0 Å². The molecule has 0 aromatic rings. The van der Waals surface area contributed by atoms with E-state index in [-0.39, 0.29) is 12.5 Å². The Kier molecular flexibility index (Phi) is 12.9. The van der Waals surface area contributed by atoms with Crippen molar-refractivity contribution >= 4 is 11.9 Å². The first kappa shape index (κ1) is 22.7. The SMILES string of the molecule is CCOCCCNC(=NCC(=O)N(C)C)NCCOC1CCCCCC1. The number of amides is 1. The zero-order valence-corrected chi connectivity index (χ0v) is 16.9. The van der Waals surface area contributed by atoms with Crippen LogP contribution in [0.1, 0.15) is 51.9 Å². The lowest BCUT2D eigenvalue weighted by Gasteiger charge is -2.17. The maximum Gasteiger partial charge on any atom is 0.243 e. The van der Waals surface area contributed by atoms with Crippen molar-refractivity contribution in [1.29, 1.82) is 0 Å². The molecule has 0 aliphatic heterocycles. The Labute approximate surface area is 158 Å². The van der Waals surface area contributed by atoms with Gasteiger partial charge >= 0.3 is 0 Å². The molecule has 0 aromatic carbocycles. The molecular formula is C19H38N4O3. The molecule has 1 aliphatic carbocycles. The van der Waals surface area contributed by atoms with Crippen molar-refractivity contribution in [2.75, 3.05) is 53.6 Å². The van der Waals surface area contributed by atoms with Crippen molar-refractivity contribution in [3.8, 4) is 0 Å². The van der Waals surface area contributed by atoms with E-state index in [0.29, 0.717) is 25.2 Å². The number of carbonyl (C=O) groups excluding carboxylic acids is 1. The summed E-state index contributed by atoms with van der Waals surface area (Å²) in [6, 6.07) is 0. The van der Waals surface area contributed by atoms with Gasteiger partial charge in [0.05, 0.1) is 12.7 Å². The predicted molar refractivity (Wildman–Crippen MR) is 106 cm³/mol. The molecule has 7 nitrogen and oxygen atoms in total. The quantitative estimate of drug-likeness (QED) is 0.251. The van der Waals surface area contributed by atoms with Crippen LogP contribution < -0.4 is 10.6 Å². The summed E-state index contributed by atoms with van der Waals surface area (Å²) in [5, 5.41) is 6.52. The molecule has 1 amide bonds. The smallest absolute Gasteiger partial charge is 0.243 e. The fourth-order valence-electron chi connectivity index (χ4n) is 2.79. The van der Waals surface area contributed by atoms with Crippen molar-refractivity contribution in [3.05, 3.63) is 0 Å². The summed E-state index contributed by atoms with van der Waals surface area (Å²) in [5.41, 5.74) is 0. The molecule has 0 heterocycles. The Morgan fingerprint density at radius 1 is 1.08 bits per heavy atom. The molecule has 7 heteroatoms. The van der Waals surface area contributed by atoms with Crippen molar-refractivity contribution in [2.24, 2.45) is 4.99 Å². The lowest BCUT2D eigenvalue weighted by atomic mass is 10.1. The highest BCUT2D eigenvalue weighted by Crippen LogP contribution is 2.19. The maximum atomic E-state index is 11.8. The minimum absolute atomic E-state index is 0.0184. The summed E-state index contributed by atoms with van der Waals surface area (Å²) in [7, 11) is 3.47. The number of rotatable bonds is 11. The molecule has 1 fully saturated rings. The van der Waals surface area contributed by atoms with Crippen LogP contribution in [0.4, 0.5) is 0 Å². The van der Waals surface area contributed by atoms with Crippen molar-refractivity contribution in [3.63, 3.8) is 0 Å². The summed E-state index contributed by atoms with van der Waals surface area (Å²) in [4.78, 5) is 17.7. The molecule has 0 unspecified atom stereocenters. The van der Waals surface area contributed by atoms with Crippen LogP contribution in [0.15, 0.2) is 4.99 Å². The second kappa shape index (κ2) is 14.8. The number of guanidine groups is 1. The third-order valence-electron chi connectivity index (χ3n) is 4.38. The van der Waals surface area contributed by atoms with Gasteiger partial charge in [-0.05, 0) is 26.2 Å². The number of hydrogen-bond acceptors (Lipinski definition) is 4. The van der Waals surface area contributed by atoms with Gasteiger partial charge in [-0.25, -0.2) is 4.99 Å². The Bertz CT molecular complexity index is 394. The number of hydrogen-bond donors (Lipinski definition) is 2. The summed E-state index contributed by atoms with van der Waals surface area (Å²) < 4.78 is 11.3. The molecule has 1 aliphatic rings. The van der Waals surface area contributed by atoms with Crippen LogP contribution in [0.2, 0.25) is 0 Å². The molecule has 0 spiro atoms. The zero-order valence-electron chi connectivity index (χ0n) is 16.9. The average molecular weight is 371 g/mol. The highest BCUT2D eigenvalue weighted by Gasteiger charge is 2.12. The van der Waals surface area contributed by atoms with Crippen LogP contribution in [0, 0.1) is 0 Å². The van der Waals surface area contributed by atoms with Gasteiger partial charge < -0.3 is 25.0 Å². The minimum atomic E-state index is -0.0184. The van der Waals surface area contributed by atoms with Gasteiger partial charge in [-0.3, -0.25) is 4.79 Å². The Balaban J connectivity index is 2.31. The summed E-state index contributed by atoms with van der Waals surface area (Å²) in [6.45, 7) is 5.68. The highest BCUT2D eigenvalue weighted by atomic mass is 16.5. The third kappa shape index (κ3) is 11.3. The first-order chi connectivity index (χ1) is 12.6. The Morgan fingerprint density at radius 3 is 2.42 bits per heavy atom. The first-order valence-electron chi connectivity index (χ1n) is 10.0. The van der Waals surface area contributed by atoms with Gasteiger partial charge in [0.1, 0.15) is 6.54 Å². The van der Waals surface area contributed by atoms with Crippen molar-refractivity contribution < 1.29 is 14.3 Å². The predicted octanol–water partition coefficient (Wildman–Crippen LogP) is 1.78. The largest absolute Gasteiger partial charge is 0.382 e. The van der Waals surface area contributed by atoms with Gasteiger partial charge in [0.2, 0.25) is 5.91 Å². The maximum absolute atomic E-state index is 11.8. The number of ether oxygens (including phenoxy) is 2. The minimum Gasteiger partial charge on any atom is -0.382 e. The molecule has 1 rings (SSSR count). The Morgan fingerprint density at radius 2 is 1.77 bits per heavy atom. The molecule has 2 N–H and O–H groups in total. The number of likely N-dealkylation sites (N-methyl/N-ethyl adjacent to an activating group) is 1. The van der Waals surface area contributed by atoms with Crippen LogP contribution in [-0.4, -0.2) is 76.4 Å². The molecule has 0 aromatic heterocycles. The molecule has 0 bridgehead atoms. The van der Waals surface area contributed by atoms with E-state index in [1.807, 2.05) is 6.92 Å². The van der Waals surface area contributed by atoms with E-state index in [9.17, 15) is 4.79 Å². The molecule has 1 saturated carbocycles. The van der Waals surface area contributed by atoms with Gasteiger partial charge in [0, 0.05) is 40.4 Å². The fourth-order valence-corrected chi connectivity index (χ4v) is 2.79. The van der Waals surface area contributed by atoms with Crippen LogP contribution in [0.5, 0.6) is 0 Å². The van der Waals surface area contributed by atoms with Crippen molar-refractivity contribution in [2.45, 2.75) is 58.0 Å². The van der Waals surface area contributed by atoms with Gasteiger partial charge in [0.25, 0.3) is 0 Å². The third-order valence-corrected chi connectivity index (χ3v) is 4.38. The van der Waals surface area contributed by atoms with E-state index in [2.05, 4.69) is 15.6 Å².